The molecule has 0 saturated carbocycles. The molecule has 6 heteroatoms. The Morgan fingerprint density at radius 2 is 0.557 bits per heavy atom. The molecule has 0 bridgehead atoms. The van der Waals surface area contributed by atoms with Crippen LogP contribution in [0, 0.1) is 0 Å². The minimum absolute atomic E-state index is 0.111. The van der Waals surface area contributed by atoms with Gasteiger partial charge in [-0.3, -0.25) is 14.4 Å². The van der Waals surface area contributed by atoms with Gasteiger partial charge in [-0.05, 0) is 135 Å². The lowest BCUT2D eigenvalue weighted by atomic mass is 10.1. The molecule has 0 aromatic rings. The van der Waals surface area contributed by atoms with Crippen molar-refractivity contribution < 1.29 is 28.6 Å². The third-order valence-corrected chi connectivity index (χ3v) is 11.4. The van der Waals surface area contributed by atoms with Crippen LogP contribution in [0.4, 0.5) is 0 Å². The summed E-state index contributed by atoms with van der Waals surface area (Å²) >= 11 is 0. The maximum atomic E-state index is 12.9. The van der Waals surface area contributed by atoms with Crippen molar-refractivity contribution in [2.75, 3.05) is 13.2 Å². The van der Waals surface area contributed by atoms with Gasteiger partial charge >= 0.3 is 17.9 Å². The first kappa shape index (κ1) is 65.5. The topological polar surface area (TPSA) is 78.9 Å². The molecule has 394 valence electrons. The lowest BCUT2D eigenvalue weighted by molar-refractivity contribution is -0.167. The van der Waals surface area contributed by atoms with Crippen LogP contribution >= 0.6 is 0 Å². The van der Waals surface area contributed by atoms with Crippen molar-refractivity contribution in [1.82, 2.24) is 0 Å². The van der Waals surface area contributed by atoms with Crippen molar-refractivity contribution in [2.45, 2.75) is 239 Å². The largest absolute Gasteiger partial charge is 0.462 e. The van der Waals surface area contributed by atoms with E-state index in [1.807, 2.05) is 0 Å². The second-order valence-electron chi connectivity index (χ2n) is 18.1. The Balaban J connectivity index is 4.55. The fraction of sp³-hybridized carbons (Fsp3) is 0.609. The van der Waals surface area contributed by atoms with E-state index in [1.165, 1.54) is 32.1 Å². The molecule has 0 amide bonds. The number of carbonyl (C=O) groups is 3. The zero-order chi connectivity index (χ0) is 50.7. The van der Waals surface area contributed by atoms with Gasteiger partial charge in [0.05, 0.1) is 0 Å². The average Bonchev–Trinajstić information content (AvgIpc) is 3.36. The van der Waals surface area contributed by atoms with Gasteiger partial charge in [-0.15, -0.1) is 0 Å². The summed E-state index contributed by atoms with van der Waals surface area (Å²) in [5.74, 6) is -0.985. The maximum absolute atomic E-state index is 12.9. The molecule has 6 nitrogen and oxygen atoms in total. The van der Waals surface area contributed by atoms with Gasteiger partial charge in [-0.2, -0.15) is 0 Å². The van der Waals surface area contributed by atoms with Crippen LogP contribution in [0.1, 0.15) is 233 Å². The molecule has 1 unspecified atom stereocenters. The highest BCUT2D eigenvalue weighted by Gasteiger charge is 2.19. The molecule has 0 N–H and O–H groups in total. The average molecular weight is 968 g/mol. The van der Waals surface area contributed by atoms with Gasteiger partial charge in [0.1, 0.15) is 13.2 Å². The van der Waals surface area contributed by atoms with Crippen molar-refractivity contribution in [3.63, 3.8) is 0 Å². The standard InChI is InChI=1S/C64H102O6/c1-4-7-10-13-16-19-22-25-28-31-32-34-36-39-42-45-48-51-54-57-63(66)69-60-61(59-68-62(65)56-53-50-47-44-41-38-35-30-27-24-21-18-15-12-9-6-3)70-64(67)58-55-52-49-46-43-40-37-33-29-26-23-20-17-14-11-8-5-2/h7-8,10-11,16-17,19-21,24-26,28-30,32,34-35,37,39-40,42,61H,4-6,9,12-15,18,22-23,27,31,33,36,38,41,43-60H2,1-3H3/b10-7-,11-8-,19-16-,20-17-,24-21-,28-25-,29-26-,34-32-,35-30-,40-37-,42-39-. The zero-order valence-corrected chi connectivity index (χ0v) is 45.0. The number of allylic oxidation sites excluding steroid dienone is 22. The first-order chi connectivity index (χ1) is 34.5. The van der Waals surface area contributed by atoms with Crippen molar-refractivity contribution in [3.05, 3.63) is 134 Å². The highest BCUT2D eigenvalue weighted by Crippen LogP contribution is 2.13. The Labute approximate surface area is 430 Å². The van der Waals surface area contributed by atoms with Crippen LogP contribution in [-0.4, -0.2) is 37.2 Å². The van der Waals surface area contributed by atoms with E-state index >= 15 is 0 Å². The van der Waals surface area contributed by atoms with E-state index < -0.39 is 6.10 Å². The molecule has 0 fully saturated rings. The van der Waals surface area contributed by atoms with E-state index in [0.717, 1.165) is 161 Å². The predicted molar refractivity (Wildman–Crippen MR) is 302 cm³/mol. The highest BCUT2D eigenvalue weighted by atomic mass is 16.6. The van der Waals surface area contributed by atoms with Crippen molar-refractivity contribution >= 4 is 17.9 Å². The van der Waals surface area contributed by atoms with Gasteiger partial charge in [-0.1, -0.05) is 212 Å². The van der Waals surface area contributed by atoms with Gasteiger partial charge in [-0.25, -0.2) is 0 Å². The summed E-state index contributed by atoms with van der Waals surface area (Å²) < 4.78 is 16.8. The number of unbranched alkanes of at least 4 members (excludes halogenated alkanes) is 16. The molecule has 0 aliphatic carbocycles. The normalized spacial score (nSPS) is 13.1. The van der Waals surface area contributed by atoms with Crippen LogP contribution in [0.5, 0.6) is 0 Å². The maximum Gasteiger partial charge on any atom is 0.306 e. The summed E-state index contributed by atoms with van der Waals surface area (Å²) in [6, 6.07) is 0. The Hall–Kier alpha value is -4.45. The molecule has 0 rings (SSSR count). The van der Waals surface area contributed by atoms with E-state index in [-0.39, 0.29) is 37.5 Å². The van der Waals surface area contributed by atoms with Crippen molar-refractivity contribution in [3.8, 4) is 0 Å². The first-order valence-corrected chi connectivity index (χ1v) is 28.2. The minimum Gasteiger partial charge on any atom is -0.462 e. The first-order valence-electron chi connectivity index (χ1n) is 28.2. The molecule has 0 saturated heterocycles. The summed E-state index contributed by atoms with van der Waals surface area (Å²) in [7, 11) is 0. The quantitative estimate of drug-likeness (QED) is 0.0262. The van der Waals surface area contributed by atoms with E-state index in [1.54, 1.807) is 0 Å². The van der Waals surface area contributed by atoms with Crippen LogP contribution in [0.2, 0.25) is 0 Å². The Bertz CT molecular complexity index is 1530. The minimum atomic E-state index is -0.816. The zero-order valence-electron chi connectivity index (χ0n) is 45.0. The highest BCUT2D eigenvalue weighted by molar-refractivity contribution is 5.71. The molecular weight excluding hydrogens is 865 g/mol. The van der Waals surface area contributed by atoms with Crippen molar-refractivity contribution in [1.29, 1.82) is 0 Å². The molecule has 0 aliphatic heterocycles. The predicted octanol–water partition coefficient (Wildman–Crippen LogP) is 19.0. The summed E-state index contributed by atoms with van der Waals surface area (Å²) in [5, 5.41) is 0. The Morgan fingerprint density at radius 1 is 0.300 bits per heavy atom. The second kappa shape index (κ2) is 57.1. The third-order valence-electron chi connectivity index (χ3n) is 11.4. The van der Waals surface area contributed by atoms with Gasteiger partial charge in [0, 0.05) is 19.3 Å². The molecular formula is C64H102O6. The molecule has 0 aromatic carbocycles. The SMILES string of the molecule is CC/C=C\C/C=C\C/C=C\C/C=C\C/C=C\CCCCCC(=O)OCC(COC(=O)CCCCCCC/C=C\C/C=C\CCCCCC)OC(=O)CCCCCC/C=C\C/C=C\C/C=C\C/C=C\CC. The summed E-state index contributed by atoms with van der Waals surface area (Å²) in [6.45, 7) is 6.32. The van der Waals surface area contributed by atoms with Gasteiger partial charge in [0.2, 0.25) is 0 Å². The molecule has 0 radical (unpaired) electrons. The molecule has 0 aliphatic rings. The molecule has 1 atom stereocenters. The Kier molecular flexibility index (Phi) is 53.5. The molecule has 70 heavy (non-hydrogen) atoms. The second-order valence-corrected chi connectivity index (χ2v) is 18.1. The number of esters is 3. The number of hydrogen-bond acceptors (Lipinski definition) is 6. The van der Waals surface area contributed by atoms with E-state index in [9.17, 15) is 14.4 Å². The smallest absolute Gasteiger partial charge is 0.306 e. The van der Waals surface area contributed by atoms with E-state index in [2.05, 4.69) is 154 Å². The van der Waals surface area contributed by atoms with Crippen LogP contribution < -0.4 is 0 Å². The molecule has 0 heterocycles. The van der Waals surface area contributed by atoms with Gasteiger partial charge in [0.15, 0.2) is 6.10 Å². The lowest BCUT2D eigenvalue weighted by Gasteiger charge is -2.18. The van der Waals surface area contributed by atoms with Crippen LogP contribution in [-0.2, 0) is 28.6 Å². The van der Waals surface area contributed by atoms with Gasteiger partial charge in [0.25, 0.3) is 0 Å². The number of ether oxygens (including phenoxy) is 3. The van der Waals surface area contributed by atoms with Crippen LogP contribution in [0.15, 0.2) is 134 Å². The fourth-order valence-corrected chi connectivity index (χ4v) is 7.19. The number of rotatable bonds is 49. The van der Waals surface area contributed by atoms with E-state index in [4.69, 9.17) is 14.2 Å². The molecule has 0 aromatic heterocycles. The lowest BCUT2D eigenvalue weighted by Crippen LogP contribution is -2.30. The summed E-state index contributed by atoms with van der Waals surface area (Å²) in [6.07, 6.45) is 80.0. The summed E-state index contributed by atoms with van der Waals surface area (Å²) in [4.78, 5) is 38.2. The van der Waals surface area contributed by atoms with Crippen LogP contribution in [0.25, 0.3) is 0 Å². The summed E-state index contributed by atoms with van der Waals surface area (Å²) in [5.41, 5.74) is 0. The van der Waals surface area contributed by atoms with Gasteiger partial charge < -0.3 is 14.2 Å². The fourth-order valence-electron chi connectivity index (χ4n) is 7.19. The number of carbonyl (C=O) groups excluding carboxylic acids is 3. The molecule has 0 spiro atoms. The van der Waals surface area contributed by atoms with Crippen molar-refractivity contribution in [2.24, 2.45) is 0 Å². The third kappa shape index (κ3) is 54.5. The number of hydrogen-bond donors (Lipinski definition) is 0. The van der Waals surface area contributed by atoms with E-state index in [0.29, 0.717) is 12.8 Å². The van der Waals surface area contributed by atoms with Crippen LogP contribution in [0.3, 0.4) is 0 Å². The Morgan fingerprint density at radius 3 is 0.886 bits per heavy atom. The monoisotopic (exact) mass is 967 g/mol.